The molecule has 4 nitrogen and oxygen atoms in total. The van der Waals surface area contributed by atoms with Crippen LogP contribution in [0, 0.1) is 0 Å². The quantitative estimate of drug-likeness (QED) is 0.382. The van der Waals surface area contributed by atoms with Gasteiger partial charge in [-0.1, -0.05) is 5.16 Å². The van der Waals surface area contributed by atoms with Gasteiger partial charge < -0.3 is 15.8 Å². The van der Waals surface area contributed by atoms with Crippen molar-refractivity contribution in [2.24, 2.45) is 10.9 Å². The molecule has 1 saturated heterocycles. The molecule has 1 atom stereocenters. The fraction of sp³-hybridized carbons (Fsp3) is 0.500. The van der Waals surface area contributed by atoms with E-state index in [9.17, 15) is 13.2 Å². The summed E-state index contributed by atoms with van der Waals surface area (Å²) in [6.07, 6.45) is -1.43. The van der Waals surface area contributed by atoms with Crippen LogP contribution >= 0.6 is 0 Å². The van der Waals surface area contributed by atoms with Gasteiger partial charge in [0.15, 0.2) is 5.84 Å². The minimum absolute atomic E-state index is 0.112. The highest BCUT2D eigenvalue weighted by molar-refractivity contribution is 6.02. The lowest BCUT2D eigenvalue weighted by molar-refractivity contribution is -0.137. The van der Waals surface area contributed by atoms with E-state index in [2.05, 4.69) is 5.16 Å². The number of piperidine rings is 1. The van der Waals surface area contributed by atoms with E-state index < -0.39 is 11.7 Å². The fourth-order valence-electron chi connectivity index (χ4n) is 2.68. The molecule has 0 amide bonds. The lowest BCUT2D eigenvalue weighted by Crippen LogP contribution is -2.38. The van der Waals surface area contributed by atoms with E-state index in [1.807, 2.05) is 11.8 Å². The largest absolute Gasteiger partial charge is 0.416 e. The second kappa shape index (κ2) is 5.83. The average Bonchev–Trinajstić information content (AvgIpc) is 2.45. The van der Waals surface area contributed by atoms with E-state index in [1.165, 1.54) is 6.07 Å². The molecule has 1 aromatic carbocycles. The van der Waals surface area contributed by atoms with Crippen LogP contribution in [0.5, 0.6) is 0 Å². The van der Waals surface area contributed by atoms with Crippen LogP contribution < -0.4 is 10.6 Å². The molecule has 0 saturated carbocycles. The minimum atomic E-state index is -4.46. The van der Waals surface area contributed by atoms with E-state index in [1.54, 1.807) is 0 Å². The van der Waals surface area contributed by atoms with Crippen LogP contribution in [0.1, 0.15) is 37.3 Å². The second-order valence-electron chi connectivity index (χ2n) is 5.25. The normalized spacial score (nSPS) is 20.7. The van der Waals surface area contributed by atoms with Gasteiger partial charge in [-0.15, -0.1) is 0 Å². The minimum Gasteiger partial charge on any atom is -0.409 e. The summed E-state index contributed by atoms with van der Waals surface area (Å²) in [7, 11) is 0. The molecule has 2 rings (SSSR count). The summed E-state index contributed by atoms with van der Waals surface area (Å²) < 4.78 is 38.5. The lowest BCUT2D eigenvalue weighted by atomic mass is 9.99. The van der Waals surface area contributed by atoms with E-state index in [-0.39, 0.29) is 17.4 Å². The number of alkyl halides is 3. The van der Waals surface area contributed by atoms with Crippen molar-refractivity contribution in [3.05, 3.63) is 29.3 Å². The highest BCUT2D eigenvalue weighted by Crippen LogP contribution is 2.34. The van der Waals surface area contributed by atoms with Gasteiger partial charge in [0.25, 0.3) is 0 Å². The van der Waals surface area contributed by atoms with E-state index in [0.717, 1.165) is 37.9 Å². The van der Waals surface area contributed by atoms with E-state index in [4.69, 9.17) is 10.9 Å². The Morgan fingerprint density at radius 3 is 2.67 bits per heavy atom. The first-order valence-corrected chi connectivity index (χ1v) is 6.80. The Hall–Kier alpha value is -1.92. The zero-order valence-electron chi connectivity index (χ0n) is 11.7. The van der Waals surface area contributed by atoms with Gasteiger partial charge in [-0.2, -0.15) is 13.2 Å². The Morgan fingerprint density at radius 1 is 1.38 bits per heavy atom. The van der Waals surface area contributed by atoms with Crippen molar-refractivity contribution >= 4 is 11.5 Å². The Morgan fingerprint density at radius 2 is 2.10 bits per heavy atom. The number of rotatable bonds is 2. The SMILES string of the molecule is CC1CCCCN1c1ccc(C(F)(F)F)cc1/C(N)=N/O. The van der Waals surface area contributed by atoms with E-state index in [0.29, 0.717) is 5.69 Å². The van der Waals surface area contributed by atoms with E-state index >= 15 is 0 Å². The molecule has 1 aromatic rings. The van der Waals surface area contributed by atoms with Crippen LogP contribution in [0.4, 0.5) is 18.9 Å². The average molecular weight is 301 g/mol. The molecular weight excluding hydrogens is 283 g/mol. The number of nitrogens with two attached hydrogens (primary N) is 1. The summed E-state index contributed by atoms with van der Waals surface area (Å²) in [6, 6.07) is 3.58. The number of oxime groups is 1. The number of amidine groups is 1. The summed E-state index contributed by atoms with van der Waals surface area (Å²) in [5, 5.41) is 11.7. The molecule has 0 radical (unpaired) electrons. The third-order valence-electron chi connectivity index (χ3n) is 3.82. The predicted octanol–water partition coefficient (Wildman–Crippen LogP) is 3.18. The Balaban J connectivity index is 2.50. The van der Waals surface area contributed by atoms with Gasteiger partial charge in [0.05, 0.1) is 5.56 Å². The van der Waals surface area contributed by atoms with Gasteiger partial charge in [0.1, 0.15) is 0 Å². The number of anilines is 1. The molecule has 1 aliphatic heterocycles. The summed E-state index contributed by atoms with van der Waals surface area (Å²) in [4.78, 5) is 2.01. The third kappa shape index (κ3) is 3.22. The summed E-state index contributed by atoms with van der Waals surface area (Å²) >= 11 is 0. The monoisotopic (exact) mass is 301 g/mol. The van der Waals surface area contributed by atoms with Crippen molar-refractivity contribution in [1.82, 2.24) is 0 Å². The molecule has 116 valence electrons. The van der Waals surface area contributed by atoms with Crippen LogP contribution in [0.15, 0.2) is 23.4 Å². The number of halogens is 3. The molecule has 0 aromatic heterocycles. The van der Waals surface area contributed by atoms with Crippen molar-refractivity contribution in [1.29, 1.82) is 0 Å². The van der Waals surface area contributed by atoms with Gasteiger partial charge in [0, 0.05) is 23.8 Å². The Kier molecular flexibility index (Phi) is 4.29. The fourth-order valence-corrected chi connectivity index (χ4v) is 2.68. The van der Waals surface area contributed by atoms with Gasteiger partial charge in [0.2, 0.25) is 0 Å². The summed E-state index contributed by atoms with van der Waals surface area (Å²) in [5.41, 5.74) is 5.44. The molecule has 7 heteroatoms. The van der Waals surface area contributed by atoms with Crippen LogP contribution in [-0.4, -0.2) is 23.6 Å². The molecule has 1 fully saturated rings. The first-order valence-electron chi connectivity index (χ1n) is 6.80. The zero-order valence-corrected chi connectivity index (χ0v) is 11.7. The van der Waals surface area contributed by atoms with Gasteiger partial charge in [-0.3, -0.25) is 0 Å². The maximum absolute atomic E-state index is 12.8. The molecule has 3 N–H and O–H groups in total. The summed E-state index contributed by atoms with van der Waals surface area (Å²) in [5.74, 6) is -0.311. The number of hydrogen-bond donors (Lipinski definition) is 2. The topological polar surface area (TPSA) is 61.8 Å². The van der Waals surface area contributed by atoms with Crippen LogP contribution in [0.25, 0.3) is 0 Å². The Bertz CT molecular complexity index is 543. The first-order chi connectivity index (χ1) is 9.84. The van der Waals surface area contributed by atoms with Crippen LogP contribution in [-0.2, 0) is 6.18 Å². The maximum atomic E-state index is 12.8. The zero-order chi connectivity index (χ0) is 15.6. The molecule has 1 aliphatic rings. The molecule has 1 heterocycles. The van der Waals surface area contributed by atoms with Crippen molar-refractivity contribution in [3.63, 3.8) is 0 Å². The highest BCUT2D eigenvalue weighted by Gasteiger charge is 2.32. The first kappa shape index (κ1) is 15.5. The number of benzene rings is 1. The lowest BCUT2D eigenvalue weighted by Gasteiger charge is -2.36. The Labute approximate surface area is 121 Å². The molecule has 0 bridgehead atoms. The third-order valence-corrected chi connectivity index (χ3v) is 3.82. The van der Waals surface area contributed by atoms with Crippen molar-refractivity contribution in [3.8, 4) is 0 Å². The van der Waals surface area contributed by atoms with Crippen LogP contribution in [0.3, 0.4) is 0 Å². The smallest absolute Gasteiger partial charge is 0.409 e. The molecule has 21 heavy (non-hydrogen) atoms. The highest BCUT2D eigenvalue weighted by atomic mass is 19.4. The van der Waals surface area contributed by atoms with Crippen molar-refractivity contribution in [2.75, 3.05) is 11.4 Å². The molecular formula is C14H18F3N3O. The second-order valence-corrected chi connectivity index (χ2v) is 5.25. The molecule has 0 spiro atoms. The predicted molar refractivity (Wildman–Crippen MR) is 74.6 cm³/mol. The van der Waals surface area contributed by atoms with Gasteiger partial charge in [-0.25, -0.2) is 0 Å². The number of hydrogen-bond acceptors (Lipinski definition) is 3. The number of nitrogens with zero attached hydrogens (tertiary/aromatic N) is 2. The molecule has 0 aliphatic carbocycles. The standard InChI is InChI=1S/C14H18F3N3O/c1-9-4-2-3-7-20(9)12-6-5-10(14(15,16)17)8-11(12)13(18)19-21/h5-6,8-9,21H,2-4,7H2,1H3,(H2,18,19). The van der Waals surface area contributed by atoms with Crippen molar-refractivity contribution < 1.29 is 18.4 Å². The maximum Gasteiger partial charge on any atom is 0.416 e. The summed E-state index contributed by atoms with van der Waals surface area (Å²) in [6.45, 7) is 2.77. The van der Waals surface area contributed by atoms with Gasteiger partial charge >= 0.3 is 6.18 Å². The van der Waals surface area contributed by atoms with Crippen LogP contribution in [0.2, 0.25) is 0 Å². The van der Waals surface area contributed by atoms with Crippen molar-refractivity contribution in [2.45, 2.75) is 38.4 Å². The molecule has 1 unspecified atom stereocenters. The van der Waals surface area contributed by atoms with Gasteiger partial charge in [-0.05, 0) is 44.4 Å².